The van der Waals surface area contributed by atoms with Crippen molar-refractivity contribution in [3.63, 3.8) is 0 Å². The van der Waals surface area contributed by atoms with Gasteiger partial charge in [-0.05, 0) is 42.8 Å². The molecule has 6 nitrogen and oxygen atoms in total. The monoisotopic (exact) mass is 403 g/mol. The van der Waals surface area contributed by atoms with Crippen molar-refractivity contribution < 1.29 is 21.6 Å². The van der Waals surface area contributed by atoms with E-state index in [1.807, 2.05) is 0 Å². The predicted molar refractivity (Wildman–Crippen MR) is 96.3 cm³/mol. The topological polar surface area (TPSA) is 89.5 Å². The van der Waals surface area contributed by atoms with Crippen LogP contribution in [0.3, 0.4) is 0 Å². The molecule has 0 bridgehead atoms. The zero-order chi connectivity index (χ0) is 18.8. The second-order valence-corrected chi connectivity index (χ2v) is 9.62. The van der Waals surface area contributed by atoms with Gasteiger partial charge < -0.3 is 4.74 Å². The van der Waals surface area contributed by atoms with Crippen molar-refractivity contribution >= 4 is 31.5 Å². The van der Waals surface area contributed by atoms with Crippen molar-refractivity contribution in [1.29, 1.82) is 0 Å². The number of benzene rings is 2. The van der Waals surface area contributed by atoms with E-state index in [0.717, 1.165) is 6.26 Å². The van der Waals surface area contributed by atoms with Crippen LogP contribution in [0.2, 0.25) is 5.02 Å². The zero-order valence-electron chi connectivity index (χ0n) is 13.9. The van der Waals surface area contributed by atoms with Gasteiger partial charge in [0.05, 0.1) is 21.9 Å². The standard InChI is InChI=1S/C16H18ClNO5S2/c1-11(12-4-6-13(7-5-12)24(3,19)20)18-25(21,22)14-8-9-16(23-2)15(17)10-14/h4-11,18H,1-3H3/t11-/m0/s1. The highest BCUT2D eigenvalue weighted by Crippen LogP contribution is 2.27. The molecule has 0 saturated carbocycles. The van der Waals surface area contributed by atoms with Gasteiger partial charge in [-0.2, -0.15) is 0 Å². The van der Waals surface area contributed by atoms with Gasteiger partial charge in [0.15, 0.2) is 9.84 Å². The molecule has 2 rings (SSSR count). The van der Waals surface area contributed by atoms with Crippen LogP contribution in [0, 0.1) is 0 Å². The molecule has 2 aromatic carbocycles. The van der Waals surface area contributed by atoms with Gasteiger partial charge in [0, 0.05) is 12.3 Å². The van der Waals surface area contributed by atoms with Gasteiger partial charge in [-0.15, -0.1) is 0 Å². The van der Waals surface area contributed by atoms with E-state index in [1.165, 1.54) is 37.4 Å². The molecule has 0 fully saturated rings. The Labute approximate surface area is 152 Å². The normalized spacial score (nSPS) is 13.4. The molecule has 0 unspecified atom stereocenters. The number of sulfone groups is 1. The van der Waals surface area contributed by atoms with Gasteiger partial charge in [-0.3, -0.25) is 0 Å². The first-order valence-electron chi connectivity index (χ1n) is 7.20. The number of rotatable bonds is 6. The number of halogens is 1. The Morgan fingerprint density at radius 3 is 2.04 bits per heavy atom. The summed E-state index contributed by atoms with van der Waals surface area (Å²) in [7, 11) is -5.66. The Hall–Kier alpha value is -1.61. The highest BCUT2D eigenvalue weighted by Gasteiger charge is 2.20. The number of ether oxygens (including phenoxy) is 1. The smallest absolute Gasteiger partial charge is 0.241 e. The molecule has 0 heterocycles. The summed E-state index contributed by atoms with van der Waals surface area (Å²) >= 11 is 5.98. The number of methoxy groups -OCH3 is 1. The maximum atomic E-state index is 12.5. The Bertz CT molecular complexity index is 970. The molecule has 9 heteroatoms. The molecule has 0 saturated heterocycles. The van der Waals surface area contributed by atoms with Crippen molar-refractivity contribution in [1.82, 2.24) is 4.72 Å². The van der Waals surface area contributed by atoms with Crippen LogP contribution in [-0.2, 0) is 19.9 Å². The molecule has 2 aromatic rings. The highest BCUT2D eigenvalue weighted by molar-refractivity contribution is 7.90. The average molecular weight is 404 g/mol. The molecule has 0 aliphatic carbocycles. The number of sulfonamides is 1. The summed E-state index contributed by atoms with van der Waals surface area (Å²) in [4.78, 5) is 0.186. The van der Waals surface area contributed by atoms with Crippen molar-refractivity contribution in [3.8, 4) is 5.75 Å². The van der Waals surface area contributed by atoms with Gasteiger partial charge in [0.25, 0.3) is 0 Å². The van der Waals surface area contributed by atoms with Gasteiger partial charge in [0.1, 0.15) is 5.75 Å². The summed E-state index contributed by atoms with van der Waals surface area (Å²) in [5.74, 6) is 0.380. The van der Waals surface area contributed by atoms with E-state index in [0.29, 0.717) is 11.3 Å². The van der Waals surface area contributed by atoms with Crippen LogP contribution in [0.15, 0.2) is 52.3 Å². The third kappa shape index (κ3) is 4.72. The number of hydrogen-bond donors (Lipinski definition) is 1. The van der Waals surface area contributed by atoms with Crippen molar-refractivity contribution in [2.75, 3.05) is 13.4 Å². The summed E-state index contributed by atoms with van der Waals surface area (Å²) < 4.78 is 55.5. The molecular formula is C16H18ClNO5S2. The summed E-state index contributed by atoms with van der Waals surface area (Å²) in [6.45, 7) is 1.66. The van der Waals surface area contributed by atoms with E-state index in [1.54, 1.807) is 19.1 Å². The molecule has 0 amide bonds. The quantitative estimate of drug-likeness (QED) is 0.800. The lowest BCUT2D eigenvalue weighted by Crippen LogP contribution is -2.27. The lowest BCUT2D eigenvalue weighted by Gasteiger charge is -2.15. The van der Waals surface area contributed by atoms with Gasteiger partial charge in [0.2, 0.25) is 10.0 Å². The van der Waals surface area contributed by atoms with Crippen LogP contribution in [-0.4, -0.2) is 30.2 Å². The zero-order valence-corrected chi connectivity index (χ0v) is 16.2. The Morgan fingerprint density at radius 2 is 1.56 bits per heavy atom. The molecule has 0 radical (unpaired) electrons. The van der Waals surface area contributed by atoms with Crippen molar-refractivity contribution in [3.05, 3.63) is 53.1 Å². The molecule has 0 aromatic heterocycles. The average Bonchev–Trinajstić information content (AvgIpc) is 2.53. The van der Waals surface area contributed by atoms with Crippen LogP contribution < -0.4 is 9.46 Å². The summed E-state index contributed by atoms with van der Waals surface area (Å²) in [5, 5.41) is 0.190. The minimum absolute atomic E-state index is 0.0120. The third-order valence-electron chi connectivity index (χ3n) is 3.57. The fourth-order valence-corrected chi connectivity index (χ4v) is 4.40. The molecule has 0 aliphatic rings. The molecule has 0 spiro atoms. The maximum absolute atomic E-state index is 12.5. The first-order valence-corrected chi connectivity index (χ1v) is 11.0. The van der Waals surface area contributed by atoms with Gasteiger partial charge in [-0.25, -0.2) is 21.6 Å². The number of hydrogen-bond acceptors (Lipinski definition) is 5. The van der Waals surface area contributed by atoms with E-state index in [-0.39, 0.29) is 14.8 Å². The van der Waals surface area contributed by atoms with Gasteiger partial charge in [-0.1, -0.05) is 23.7 Å². The lowest BCUT2D eigenvalue weighted by atomic mass is 10.1. The van der Waals surface area contributed by atoms with Crippen molar-refractivity contribution in [2.24, 2.45) is 0 Å². The summed E-state index contributed by atoms with van der Waals surface area (Å²) in [5.41, 5.74) is 0.635. The first kappa shape index (κ1) is 19.7. The second-order valence-electron chi connectivity index (χ2n) is 5.48. The Kier molecular flexibility index (Phi) is 5.78. The van der Waals surface area contributed by atoms with Crippen LogP contribution in [0.1, 0.15) is 18.5 Å². The van der Waals surface area contributed by atoms with E-state index in [9.17, 15) is 16.8 Å². The van der Waals surface area contributed by atoms with Gasteiger partial charge >= 0.3 is 0 Å². The Balaban J connectivity index is 2.24. The number of nitrogens with one attached hydrogen (secondary N) is 1. The molecule has 25 heavy (non-hydrogen) atoms. The van der Waals surface area contributed by atoms with Crippen LogP contribution in [0.5, 0.6) is 5.75 Å². The van der Waals surface area contributed by atoms with E-state index in [4.69, 9.17) is 16.3 Å². The van der Waals surface area contributed by atoms with Crippen LogP contribution >= 0.6 is 11.6 Å². The fourth-order valence-electron chi connectivity index (χ4n) is 2.19. The van der Waals surface area contributed by atoms with E-state index in [2.05, 4.69) is 4.72 Å². The Morgan fingerprint density at radius 1 is 1.00 bits per heavy atom. The van der Waals surface area contributed by atoms with Crippen LogP contribution in [0.4, 0.5) is 0 Å². The van der Waals surface area contributed by atoms with E-state index < -0.39 is 25.9 Å². The van der Waals surface area contributed by atoms with E-state index >= 15 is 0 Å². The minimum Gasteiger partial charge on any atom is -0.495 e. The minimum atomic E-state index is -3.80. The largest absolute Gasteiger partial charge is 0.495 e. The summed E-state index contributed by atoms with van der Waals surface area (Å²) in [6, 6.07) is 9.66. The summed E-state index contributed by atoms with van der Waals surface area (Å²) in [6.07, 6.45) is 1.11. The fraction of sp³-hybridized carbons (Fsp3) is 0.250. The lowest BCUT2D eigenvalue weighted by molar-refractivity contribution is 0.414. The van der Waals surface area contributed by atoms with Crippen molar-refractivity contribution in [2.45, 2.75) is 22.8 Å². The molecule has 0 aliphatic heterocycles. The second kappa shape index (κ2) is 7.33. The maximum Gasteiger partial charge on any atom is 0.241 e. The third-order valence-corrected chi connectivity index (χ3v) is 6.54. The molecule has 1 N–H and O–H groups in total. The molecular weight excluding hydrogens is 386 g/mol. The van der Waals surface area contributed by atoms with Crippen LogP contribution in [0.25, 0.3) is 0 Å². The molecule has 1 atom stereocenters. The highest BCUT2D eigenvalue weighted by atomic mass is 35.5. The predicted octanol–water partition coefficient (Wildman–Crippen LogP) is 2.79. The first-order chi connectivity index (χ1) is 11.5. The molecule has 136 valence electrons. The SMILES string of the molecule is COc1ccc(S(=O)(=O)N[C@@H](C)c2ccc(S(C)(=O)=O)cc2)cc1Cl.